The summed E-state index contributed by atoms with van der Waals surface area (Å²) in [6, 6.07) is 14.6. The van der Waals surface area contributed by atoms with E-state index in [-0.39, 0.29) is 16.7 Å². The fraction of sp³-hybridized carbons (Fsp3) is 0.250. The Kier molecular flexibility index (Phi) is 7.26. The number of hydrogen-bond donors (Lipinski definition) is 1. The molecule has 0 radical (unpaired) electrons. The number of amides is 1. The van der Waals surface area contributed by atoms with Crippen LogP contribution in [0.5, 0.6) is 5.75 Å². The van der Waals surface area contributed by atoms with Gasteiger partial charge in [0.1, 0.15) is 16.1 Å². The monoisotopic (exact) mass is 505 g/mol. The summed E-state index contributed by atoms with van der Waals surface area (Å²) in [5.41, 5.74) is 2.25. The fourth-order valence-electron chi connectivity index (χ4n) is 4.16. The largest absolute Gasteiger partial charge is 0.493 e. The van der Waals surface area contributed by atoms with Crippen LogP contribution >= 0.6 is 11.3 Å². The van der Waals surface area contributed by atoms with E-state index in [0.717, 1.165) is 16.9 Å². The highest BCUT2D eigenvalue weighted by Crippen LogP contribution is 2.40. The lowest BCUT2D eigenvalue weighted by atomic mass is 9.97. The van der Waals surface area contributed by atoms with Crippen molar-refractivity contribution < 1.29 is 23.5 Å². The molecule has 0 aliphatic rings. The number of hydrogen-bond acceptors (Lipinski definition) is 7. The van der Waals surface area contributed by atoms with Crippen molar-refractivity contribution in [3.05, 3.63) is 80.5 Å². The molecule has 0 atom stereocenters. The number of aryl methyl sites for hydroxylation is 1. The number of carbonyl (C=O) groups excluding carboxylic acids is 2. The van der Waals surface area contributed by atoms with Gasteiger partial charge in [-0.05, 0) is 42.5 Å². The number of ether oxygens (including phenoxy) is 2. The lowest BCUT2D eigenvalue weighted by Crippen LogP contribution is -2.21. The standard InChI is InChI=1S/C28H27NO6S/c1-15(2)13-17-9-11-18(12-10-17)22-16(3)36-26(23(22)28(32)34-5)29-25(30)20-14-19-7-6-8-21(33-4)24(19)35-27(20)31/h6-12,14-15H,13H2,1-5H3,(H,29,30). The summed E-state index contributed by atoms with van der Waals surface area (Å²) in [7, 11) is 2.76. The maximum Gasteiger partial charge on any atom is 0.349 e. The Balaban J connectivity index is 1.73. The number of carbonyl (C=O) groups is 2. The molecule has 1 N–H and O–H groups in total. The van der Waals surface area contributed by atoms with Gasteiger partial charge in [-0.3, -0.25) is 4.79 Å². The van der Waals surface area contributed by atoms with E-state index in [1.807, 2.05) is 31.2 Å². The lowest BCUT2D eigenvalue weighted by molar-refractivity contribution is 0.0603. The molecule has 0 bridgehead atoms. The third kappa shape index (κ3) is 4.90. The Morgan fingerprint density at radius 2 is 1.81 bits per heavy atom. The molecule has 4 rings (SSSR count). The van der Waals surface area contributed by atoms with E-state index in [2.05, 4.69) is 19.2 Å². The van der Waals surface area contributed by atoms with Crippen molar-refractivity contribution in [2.24, 2.45) is 5.92 Å². The predicted molar refractivity (Wildman–Crippen MR) is 141 cm³/mol. The number of esters is 1. The van der Waals surface area contributed by atoms with Gasteiger partial charge in [0.15, 0.2) is 11.3 Å². The number of benzene rings is 2. The predicted octanol–water partition coefficient (Wildman–Crippen LogP) is 6.08. The van der Waals surface area contributed by atoms with Crippen molar-refractivity contribution in [1.82, 2.24) is 0 Å². The number of fused-ring (bicyclic) bond motifs is 1. The summed E-state index contributed by atoms with van der Waals surface area (Å²) in [6.45, 7) is 6.20. The number of methoxy groups -OCH3 is 2. The molecule has 186 valence electrons. The second-order valence-electron chi connectivity index (χ2n) is 8.80. The van der Waals surface area contributed by atoms with Crippen molar-refractivity contribution in [1.29, 1.82) is 0 Å². The third-order valence-electron chi connectivity index (χ3n) is 5.78. The third-order valence-corrected chi connectivity index (χ3v) is 6.80. The second-order valence-corrected chi connectivity index (χ2v) is 10.0. The smallest absolute Gasteiger partial charge is 0.349 e. The topological polar surface area (TPSA) is 94.8 Å². The first kappa shape index (κ1) is 25.2. The average molecular weight is 506 g/mol. The maximum atomic E-state index is 13.2. The lowest BCUT2D eigenvalue weighted by Gasteiger charge is -2.10. The van der Waals surface area contributed by atoms with Gasteiger partial charge in [0.2, 0.25) is 0 Å². The number of para-hydroxylation sites is 1. The molecule has 7 nitrogen and oxygen atoms in total. The first-order valence-corrected chi connectivity index (χ1v) is 12.3. The molecule has 0 saturated heterocycles. The average Bonchev–Trinajstić information content (AvgIpc) is 3.18. The molecule has 4 aromatic rings. The van der Waals surface area contributed by atoms with E-state index in [9.17, 15) is 14.4 Å². The normalized spacial score (nSPS) is 11.1. The number of anilines is 1. The van der Waals surface area contributed by atoms with Crippen LogP contribution in [0.2, 0.25) is 0 Å². The van der Waals surface area contributed by atoms with E-state index in [0.29, 0.717) is 27.6 Å². The van der Waals surface area contributed by atoms with Gasteiger partial charge >= 0.3 is 11.6 Å². The van der Waals surface area contributed by atoms with Crippen LogP contribution in [0.15, 0.2) is 57.7 Å². The minimum atomic E-state index is -0.807. The molecule has 2 aromatic carbocycles. The van der Waals surface area contributed by atoms with E-state index >= 15 is 0 Å². The van der Waals surface area contributed by atoms with Crippen molar-refractivity contribution in [2.45, 2.75) is 27.2 Å². The van der Waals surface area contributed by atoms with Crippen LogP contribution in [0.1, 0.15) is 45.0 Å². The Hall–Kier alpha value is -3.91. The summed E-state index contributed by atoms with van der Waals surface area (Å²) < 4.78 is 15.7. The van der Waals surface area contributed by atoms with Crippen LogP contribution < -0.4 is 15.7 Å². The van der Waals surface area contributed by atoms with Gasteiger partial charge in [0, 0.05) is 15.8 Å². The van der Waals surface area contributed by atoms with Crippen molar-refractivity contribution in [2.75, 3.05) is 19.5 Å². The summed E-state index contributed by atoms with van der Waals surface area (Å²) in [6.07, 6.45) is 0.953. The minimum absolute atomic E-state index is 0.183. The van der Waals surface area contributed by atoms with E-state index in [4.69, 9.17) is 13.9 Å². The van der Waals surface area contributed by atoms with E-state index < -0.39 is 17.5 Å². The summed E-state index contributed by atoms with van der Waals surface area (Å²) in [4.78, 5) is 39.4. The molecule has 36 heavy (non-hydrogen) atoms. The van der Waals surface area contributed by atoms with Crippen LogP contribution in [0.3, 0.4) is 0 Å². The van der Waals surface area contributed by atoms with Gasteiger partial charge in [0.25, 0.3) is 5.91 Å². The summed E-state index contributed by atoms with van der Waals surface area (Å²) in [5, 5.41) is 3.57. The zero-order valence-corrected chi connectivity index (χ0v) is 21.6. The molecule has 1 amide bonds. The van der Waals surface area contributed by atoms with Crippen molar-refractivity contribution in [3.8, 4) is 16.9 Å². The van der Waals surface area contributed by atoms with Gasteiger partial charge in [0.05, 0.1) is 14.2 Å². The maximum absolute atomic E-state index is 13.2. The first-order chi connectivity index (χ1) is 17.2. The van der Waals surface area contributed by atoms with E-state index in [1.54, 1.807) is 18.2 Å². The van der Waals surface area contributed by atoms with Crippen molar-refractivity contribution in [3.63, 3.8) is 0 Å². The molecule has 2 aromatic heterocycles. The van der Waals surface area contributed by atoms with Crippen LogP contribution in [0, 0.1) is 12.8 Å². The Morgan fingerprint density at radius 1 is 1.08 bits per heavy atom. The van der Waals surface area contributed by atoms with Gasteiger partial charge in [-0.2, -0.15) is 0 Å². The molecule has 0 fully saturated rings. The number of thiophene rings is 1. The highest BCUT2D eigenvalue weighted by atomic mass is 32.1. The molecular formula is C28H27NO6S. The number of nitrogens with one attached hydrogen (secondary N) is 1. The highest BCUT2D eigenvalue weighted by molar-refractivity contribution is 7.17. The van der Waals surface area contributed by atoms with Crippen LogP contribution in [-0.2, 0) is 11.2 Å². The Labute approximate surface area is 212 Å². The molecule has 2 heterocycles. The van der Waals surface area contributed by atoms with Crippen LogP contribution in [0.4, 0.5) is 5.00 Å². The minimum Gasteiger partial charge on any atom is -0.493 e. The Bertz CT molecular complexity index is 1500. The zero-order chi connectivity index (χ0) is 26.0. The fourth-order valence-corrected chi connectivity index (χ4v) is 5.22. The van der Waals surface area contributed by atoms with E-state index in [1.165, 1.54) is 37.2 Å². The molecule has 0 unspecified atom stereocenters. The molecule has 0 saturated carbocycles. The molecule has 8 heteroatoms. The van der Waals surface area contributed by atoms with Gasteiger partial charge in [-0.15, -0.1) is 11.3 Å². The van der Waals surface area contributed by atoms with Crippen molar-refractivity contribution >= 4 is 39.2 Å². The van der Waals surface area contributed by atoms with Gasteiger partial charge in [-0.25, -0.2) is 9.59 Å². The highest BCUT2D eigenvalue weighted by Gasteiger charge is 2.26. The Morgan fingerprint density at radius 3 is 2.44 bits per heavy atom. The zero-order valence-electron chi connectivity index (χ0n) is 20.8. The summed E-state index contributed by atoms with van der Waals surface area (Å²) in [5.74, 6) is -0.340. The molecule has 0 spiro atoms. The second kappa shape index (κ2) is 10.4. The quantitative estimate of drug-likeness (QED) is 0.242. The first-order valence-electron chi connectivity index (χ1n) is 11.5. The molecule has 0 aliphatic heterocycles. The summed E-state index contributed by atoms with van der Waals surface area (Å²) >= 11 is 1.25. The SMILES string of the molecule is COC(=O)c1c(NC(=O)c2cc3cccc(OC)c3oc2=O)sc(C)c1-c1ccc(CC(C)C)cc1. The van der Waals surface area contributed by atoms with Gasteiger partial charge in [-0.1, -0.05) is 50.2 Å². The van der Waals surface area contributed by atoms with Crippen LogP contribution in [0.25, 0.3) is 22.1 Å². The molecule has 0 aliphatic carbocycles. The van der Waals surface area contributed by atoms with Gasteiger partial charge < -0.3 is 19.2 Å². The molecular weight excluding hydrogens is 478 g/mol. The number of rotatable bonds is 7. The van der Waals surface area contributed by atoms with Crippen LogP contribution in [-0.4, -0.2) is 26.1 Å².